The Bertz CT molecular complexity index is 874. The lowest BCUT2D eigenvalue weighted by molar-refractivity contribution is -0.121. The third-order valence-corrected chi connectivity index (χ3v) is 4.25. The number of anilines is 2. The quantitative estimate of drug-likeness (QED) is 0.652. The zero-order valence-corrected chi connectivity index (χ0v) is 15.9. The number of hydrogen-bond donors (Lipinski definition) is 2. The summed E-state index contributed by atoms with van der Waals surface area (Å²) in [6.45, 7) is 2.73. The molecule has 9 nitrogen and oxygen atoms in total. The molecule has 0 aliphatic heterocycles. The Labute approximate surface area is 157 Å². The average Bonchev–Trinajstić information content (AvgIpc) is 3.45. The topological polar surface area (TPSA) is 105 Å². The van der Waals surface area contributed by atoms with E-state index >= 15 is 0 Å². The second-order valence-electron chi connectivity index (χ2n) is 6.88. The lowest BCUT2D eigenvalue weighted by Gasteiger charge is -2.14. The van der Waals surface area contributed by atoms with E-state index < -0.39 is 0 Å². The Morgan fingerprint density at radius 2 is 2.04 bits per heavy atom. The lowest BCUT2D eigenvalue weighted by atomic mass is 10.3. The molecule has 2 heterocycles. The van der Waals surface area contributed by atoms with Crippen LogP contribution in [-0.2, 0) is 11.3 Å². The number of nitrogens with zero attached hydrogens (tertiary/aromatic N) is 5. The average molecular weight is 371 g/mol. The van der Waals surface area contributed by atoms with Gasteiger partial charge in [0.25, 0.3) is 5.56 Å². The molecule has 2 aromatic heterocycles. The zero-order chi connectivity index (χ0) is 19.4. The highest BCUT2D eigenvalue weighted by atomic mass is 16.2. The number of aromatic nitrogens is 4. The van der Waals surface area contributed by atoms with E-state index in [2.05, 4.69) is 25.6 Å². The molecule has 0 unspecified atom stereocenters. The van der Waals surface area contributed by atoms with Gasteiger partial charge in [0.1, 0.15) is 24.0 Å². The van der Waals surface area contributed by atoms with Gasteiger partial charge in [0.2, 0.25) is 5.91 Å². The highest BCUT2D eigenvalue weighted by molar-refractivity contribution is 5.75. The Balaban J connectivity index is 1.45. The fraction of sp³-hybridized carbons (Fsp3) is 0.500. The van der Waals surface area contributed by atoms with Gasteiger partial charge in [0, 0.05) is 45.2 Å². The third kappa shape index (κ3) is 5.25. The third-order valence-electron chi connectivity index (χ3n) is 4.25. The van der Waals surface area contributed by atoms with Crippen LogP contribution in [0.25, 0.3) is 0 Å². The van der Waals surface area contributed by atoms with Gasteiger partial charge in [-0.3, -0.25) is 14.2 Å². The second kappa shape index (κ2) is 8.15. The molecule has 1 aliphatic carbocycles. The molecule has 0 spiro atoms. The molecule has 144 valence electrons. The van der Waals surface area contributed by atoms with Crippen molar-refractivity contribution in [1.29, 1.82) is 0 Å². The SMILES string of the molecule is Cc1nc(NCCNC(=O)Cn2cnc(C3CC3)cc2=O)cc(N(C)C)n1. The summed E-state index contributed by atoms with van der Waals surface area (Å²) < 4.78 is 1.33. The fourth-order valence-electron chi connectivity index (χ4n) is 2.64. The van der Waals surface area contributed by atoms with Gasteiger partial charge in [0.05, 0.1) is 12.0 Å². The number of rotatable bonds is 8. The Kier molecular flexibility index (Phi) is 5.68. The summed E-state index contributed by atoms with van der Waals surface area (Å²) in [6, 6.07) is 3.38. The smallest absolute Gasteiger partial charge is 0.254 e. The molecule has 3 rings (SSSR count). The van der Waals surface area contributed by atoms with Crippen molar-refractivity contribution in [3.8, 4) is 0 Å². The van der Waals surface area contributed by atoms with Crippen LogP contribution in [0.15, 0.2) is 23.3 Å². The normalized spacial score (nSPS) is 13.3. The first-order valence-corrected chi connectivity index (χ1v) is 9.02. The van der Waals surface area contributed by atoms with Crippen molar-refractivity contribution in [2.45, 2.75) is 32.2 Å². The molecule has 1 aliphatic rings. The zero-order valence-electron chi connectivity index (χ0n) is 15.9. The van der Waals surface area contributed by atoms with E-state index in [0.717, 1.165) is 24.4 Å². The Hall–Kier alpha value is -2.97. The number of nitrogens with one attached hydrogen (secondary N) is 2. The van der Waals surface area contributed by atoms with Crippen molar-refractivity contribution in [1.82, 2.24) is 24.8 Å². The predicted molar refractivity (Wildman–Crippen MR) is 103 cm³/mol. The van der Waals surface area contributed by atoms with Gasteiger partial charge in [-0.15, -0.1) is 0 Å². The molecule has 1 fully saturated rings. The largest absolute Gasteiger partial charge is 0.368 e. The van der Waals surface area contributed by atoms with Crippen molar-refractivity contribution in [2.24, 2.45) is 0 Å². The molecule has 0 saturated heterocycles. The highest BCUT2D eigenvalue weighted by Gasteiger charge is 2.25. The number of carbonyl (C=O) groups excluding carboxylic acids is 1. The maximum atomic E-state index is 12.1. The van der Waals surface area contributed by atoms with Gasteiger partial charge in [-0.05, 0) is 19.8 Å². The minimum absolute atomic E-state index is 0.0336. The Morgan fingerprint density at radius 1 is 1.26 bits per heavy atom. The number of amides is 1. The second-order valence-corrected chi connectivity index (χ2v) is 6.88. The van der Waals surface area contributed by atoms with E-state index in [1.54, 1.807) is 0 Å². The monoisotopic (exact) mass is 371 g/mol. The van der Waals surface area contributed by atoms with E-state index in [-0.39, 0.29) is 18.0 Å². The first-order chi connectivity index (χ1) is 12.9. The summed E-state index contributed by atoms with van der Waals surface area (Å²) in [5.41, 5.74) is 0.644. The van der Waals surface area contributed by atoms with Crippen molar-refractivity contribution in [2.75, 3.05) is 37.4 Å². The Morgan fingerprint density at radius 3 is 2.70 bits per heavy atom. The van der Waals surface area contributed by atoms with Gasteiger partial charge in [-0.1, -0.05) is 0 Å². The maximum absolute atomic E-state index is 12.1. The predicted octanol–water partition coefficient (Wildman–Crippen LogP) is 0.513. The molecular formula is C18H25N7O2. The van der Waals surface area contributed by atoms with Gasteiger partial charge < -0.3 is 15.5 Å². The van der Waals surface area contributed by atoms with Crippen LogP contribution in [0.2, 0.25) is 0 Å². The van der Waals surface area contributed by atoms with Crippen molar-refractivity contribution in [3.63, 3.8) is 0 Å². The molecule has 0 bridgehead atoms. The molecule has 1 saturated carbocycles. The summed E-state index contributed by atoms with van der Waals surface area (Å²) in [6.07, 6.45) is 3.64. The van der Waals surface area contributed by atoms with Crippen molar-refractivity contribution in [3.05, 3.63) is 40.3 Å². The number of aryl methyl sites for hydroxylation is 1. The van der Waals surface area contributed by atoms with Gasteiger partial charge >= 0.3 is 0 Å². The van der Waals surface area contributed by atoms with Crippen LogP contribution in [0.1, 0.15) is 30.3 Å². The van der Waals surface area contributed by atoms with Gasteiger partial charge in [0.15, 0.2) is 0 Å². The van der Waals surface area contributed by atoms with E-state index in [1.165, 1.54) is 17.0 Å². The van der Waals surface area contributed by atoms with Crippen molar-refractivity contribution < 1.29 is 4.79 Å². The fourth-order valence-corrected chi connectivity index (χ4v) is 2.64. The summed E-state index contributed by atoms with van der Waals surface area (Å²) in [4.78, 5) is 38.9. The molecule has 0 radical (unpaired) electrons. The molecule has 1 amide bonds. The van der Waals surface area contributed by atoms with E-state index in [1.807, 2.05) is 32.0 Å². The van der Waals surface area contributed by atoms with Crippen LogP contribution in [0.4, 0.5) is 11.6 Å². The first-order valence-electron chi connectivity index (χ1n) is 9.02. The standard InChI is InChI=1S/C18H25N7O2/c1-12-22-15(9-16(23-12)24(2)3)19-6-7-20-17(26)10-25-11-21-14(8-18(25)27)13-4-5-13/h8-9,11,13H,4-7,10H2,1-3H3,(H,20,26)(H,19,22,23). The number of carbonyl (C=O) groups is 1. The van der Waals surface area contributed by atoms with Gasteiger partial charge in [-0.2, -0.15) is 0 Å². The van der Waals surface area contributed by atoms with Crippen LogP contribution < -0.4 is 21.1 Å². The van der Waals surface area contributed by atoms with Crippen LogP contribution in [0.5, 0.6) is 0 Å². The molecule has 2 aromatic rings. The highest BCUT2D eigenvalue weighted by Crippen LogP contribution is 2.38. The molecule has 9 heteroatoms. The first kappa shape index (κ1) is 18.8. The van der Waals surface area contributed by atoms with Crippen LogP contribution in [-0.4, -0.2) is 52.6 Å². The van der Waals surface area contributed by atoms with Gasteiger partial charge in [-0.25, -0.2) is 15.0 Å². The van der Waals surface area contributed by atoms with Crippen LogP contribution >= 0.6 is 0 Å². The van der Waals surface area contributed by atoms with Crippen molar-refractivity contribution >= 4 is 17.5 Å². The summed E-state index contributed by atoms with van der Waals surface area (Å²) in [5, 5.41) is 5.95. The minimum Gasteiger partial charge on any atom is -0.368 e. The van der Waals surface area contributed by atoms with E-state index in [4.69, 9.17) is 0 Å². The summed E-state index contributed by atoms with van der Waals surface area (Å²) >= 11 is 0. The lowest BCUT2D eigenvalue weighted by Crippen LogP contribution is -2.35. The molecule has 27 heavy (non-hydrogen) atoms. The minimum atomic E-state index is -0.229. The molecule has 0 atom stereocenters. The molecular weight excluding hydrogens is 346 g/mol. The van der Waals surface area contributed by atoms with E-state index in [0.29, 0.717) is 30.6 Å². The molecule has 2 N–H and O–H groups in total. The van der Waals surface area contributed by atoms with Crippen LogP contribution in [0, 0.1) is 6.92 Å². The van der Waals surface area contributed by atoms with Crippen LogP contribution in [0.3, 0.4) is 0 Å². The maximum Gasteiger partial charge on any atom is 0.254 e. The summed E-state index contributed by atoms with van der Waals surface area (Å²) in [5.74, 6) is 2.39. The molecule has 0 aromatic carbocycles. The summed E-state index contributed by atoms with van der Waals surface area (Å²) in [7, 11) is 3.83. The van der Waals surface area contributed by atoms with E-state index in [9.17, 15) is 9.59 Å². The number of hydrogen-bond acceptors (Lipinski definition) is 7.